The Bertz CT molecular complexity index is 950. The average molecular weight is 350 g/mol. The van der Waals surface area contributed by atoms with Gasteiger partial charge in [0, 0.05) is 43.8 Å². The normalized spacial score (nSPS) is 15.6. The van der Waals surface area contributed by atoms with Gasteiger partial charge in [0.15, 0.2) is 0 Å². The largest absolute Gasteiger partial charge is 0.497 e. The lowest BCUT2D eigenvalue weighted by molar-refractivity contribution is -0.121. The number of imidazole rings is 1. The van der Waals surface area contributed by atoms with Crippen LogP contribution in [0.5, 0.6) is 5.75 Å². The van der Waals surface area contributed by atoms with Crippen LogP contribution in [0.15, 0.2) is 48.8 Å². The standard InChI is InChI=1S/C20H22N4O2/c1-15-6-7-23-13-16(21-19(23)10-15)12-22-8-9-24(20(25)14-22)17-4-3-5-18(11-17)26-2/h3-7,10-11,13H,8-9,12,14H2,1-2H3. The van der Waals surface area contributed by atoms with Crippen LogP contribution >= 0.6 is 0 Å². The Morgan fingerprint density at radius 2 is 2.08 bits per heavy atom. The van der Waals surface area contributed by atoms with E-state index in [4.69, 9.17) is 4.74 Å². The SMILES string of the molecule is COc1cccc(N2CCN(Cc3cn4ccc(C)cc4n3)CC2=O)c1. The number of benzene rings is 1. The Labute approximate surface area is 152 Å². The molecule has 1 aliphatic rings. The number of carbonyl (C=O) groups is 1. The molecule has 0 bridgehead atoms. The molecule has 3 heterocycles. The van der Waals surface area contributed by atoms with Crippen LogP contribution < -0.4 is 9.64 Å². The highest BCUT2D eigenvalue weighted by Gasteiger charge is 2.25. The third-order valence-electron chi connectivity index (χ3n) is 4.72. The monoisotopic (exact) mass is 350 g/mol. The number of anilines is 1. The van der Waals surface area contributed by atoms with E-state index in [1.807, 2.05) is 46.0 Å². The molecule has 6 nitrogen and oxygen atoms in total. The molecule has 1 saturated heterocycles. The Hall–Kier alpha value is -2.86. The quantitative estimate of drug-likeness (QED) is 0.725. The topological polar surface area (TPSA) is 50.1 Å². The number of nitrogens with zero attached hydrogens (tertiary/aromatic N) is 4. The van der Waals surface area contributed by atoms with Crippen LogP contribution in [0, 0.1) is 6.92 Å². The first-order valence-corrected chi connectivity index (χ1v) is 8.73. The molecule has 0 aliphatic carbocycles. The van der Waals surface area contributed by atoms with E-state index in [9.17, 15) is 4.79 Å². The van der Waals surface area contributed by atoms with Gasteiger partial charge in [-0.3, -0.25) is 9.69 Å². The highest BCUT2D eigenvalue weighted by atomic mass is 16.5. The van der Waals surface area contributed by atoms with Crippen molar-refractivity contribution in [1.82, 2.24) is 14.3 Å². The first kappa shape index (κ1) is 16.6. The summed E-state index contributed by atoms with van der Waals surface area (Å²) in [5.41, 5.74) is 4.01. The van der Waals surface area contributed by atoms with Crippen LogP contribution in [0.3, 0.4) is 0 Å². The van der Waals surface area contributed by atoms with Gasteiger partial charge >= 0.3 is 0 Å². The van der Waals surface area contributed by atoms with Gasteiger partial charge in [-0.15, -0.1) is 0 Å². The van der Waals surface area contributed by atoms with Gasteiger partial charge in [0.05, 0.1) is 19.3 Å². The summed E-state index contributed by atoms with van der Waals surface area (Å²) in [6, 6.07) is 11.8. The fourth-order valence-corrected chi connectivity index (χ4v) is 3.35. The van der Waals surface area contributed by atoms with Crippen LogP contribution in [-0.4, -0.2) is 46.9 Å². The zero-order chi connectivity index (χ0) is 18.1. The minimum absolute atomic E-state index is 0.101. The first-order chi connectivity index (χ1) is 12.6. The molecular formula is C20H22N4O2. The van der Waals surface area contributed by atoms with Gasteiger partial charge in [-0.25, -0.2) is 4.98 Å². The molecule has 6 heteroatoms. The molecule has 1 fully saturated rings. The van der Waals surface area contributed by atoms with Gasteiger partial charge in [-0.1, -0.05) is 6.07 Å². The molecule has 1 amide bonds. The van der Waals surface area contributed by atoms with E-state index in [2.05, 4.69) is 28.9 Å². The Morgan fingerprint density at radius 3 is 2.88 bits per heavy atom. The number of hydrogen-bond acceptors (Lipinski definition) is 4. The molecule has 0 atom stereocenters. The predicted molar refractivity (Wildman–Crippen MR) is 101 cm³/mol. The number of carbonyl (C=O) groups excluding carboxylic acids is 1. The van der Waals surface area contributed by atoms with Crippen molar-refractivity contribution in [1.29, 1.82) is 0 Å². The molecule has 0 saturated carbocycles. The maximum absolute atomic E-state index is 12.6. The minimum Gasteiger partial charge on any atom is -0.497 e. The molecule has 1 aromatic carbocycles. The lowest BCUT2D eigenvalue weighted by Crippen LogP contribution is -2.50. The van der Waals surface area contributed by atoms with Gasteiger partial charge in [-0.05, 0) is 36.8 Å². The molecule has 0 radical (unpaired) electrons. The van der Waals surface area contributed by atoms with E-state index in [1.54, 1.807) is 7.11 Å². The number of piperazine rings is 1. The molecule has 1 aliphatic heterocycles. The smallest absolute Gasteiger partial charge is 0.241 e. The van der Waals surface area contributed by atoms with E-state index in [0.717, 1.165) is 29.3 Å². The fourth-order valence-electron chi connectivity index (χ4n) is 3.35. The van der Waals surface area contributed by atoms with Crippen molar-refractivity contribution >= 4 is 17.2 Å². The highest BCUT2D eigenvalue weighted by Crippen LogP contribution is 2.23. The zero-order valence-electron chi connectivity index (χ0n) is 15.1. The van der Waals surface area contributed by atoms with Crippen LogP contribution in [0.2, 0.25) is 0 Å². The van der Waals surface area contributed by atoms with Crippen LogP contribution in [0.4, 0.5) is 5.69 Å². The Balaban J connectivity index is 1.45. The molecule has 0 N–H and O–H groups in total. The third-order valence-corrected chi connectivity index (χ3v) is 4.72. The van der Waals surface area contributed by atoms with Crippen molar-refractivity contribution < 1.29 is 9.53 Å². The molecule has 4 rings (SSSR count). The Morgan fingerprint density at radius 1 is 1.19 bits per heavy atom. The molecule has 0 unspecified atom stereocenters. The summed E-state index contributed by atoms with van der Waals surface area (Å²) in [6.07, 6.45) is 4.06. The maximum atomic E-state index is 12.6. The van der Waals surface area contributed by atoms with Crippen molar-refractivity contribution in [2.45, 2.75) is 13.5 Å². The number of methoxy groups -OCH3 is 1. The number of aromatic nitrogens is 2. The van der Waals surface area contributed by atoms with E-state index < -0.39 is 0 Å². The van der Waals surface area contributed by atoms with Crippen molar-refractivity contribution in [2.75, 3.05) is 31.6 Å². The number of amides is 1. The highest BCUT2D eigenvalue weighted by molar-refractivity contribution is 5.95. The second kappa shape index (κ2) is 6.80. The predicted octanol–water partition coefficient (Wildman–Crippen LogP) is 2.50. The molecule has 26 heavy (non-hydrogen) atoms. The second-order valence-corrected chi connectivity index (χ2v) is 6.66. The molecule has 134 valence electrons. The Kier molecular flexibility index (Phi) is 4.34. The summed E-state index contributed by atoms with van der Waals surface area (Å²) in [4.78, 5) is 21.3. The summed E-state index contributed by atoms with van der Waals surface area (Å²) >= 11 is 0. The van der Waals surface area contributed by atoms with E-state index in [0.29, 0.717) is 19.6 Å². The minimum atomic E-state index is 0.101. The van der Waals surface area contributed by atoms with Crippen molar-refractivity contribution in [3.05, 3.63) is 60.0 Å². The van der Waals surface area contributed by atoms with Gasteiger partial charge in [0.1, 0.15) is 11.4 Å². The second-order valence-electron chi connectivity index (χ2n) is 6.66. The van der Waals surface area contributed by atoms with Gasteiger partial charge in [0.2, 0.25) is 5.91 Å². The zero-order valence-corrected chi connectivity index (χ0v) is 15.1. The first-order valence-electron chi connectivity index (χ1n) is 8.73. The molecular weight excluding hydrogens is 328 g/mol. The van der Waals surface area contributed by atoms with E-state index in [1.165, 1.54) is 5.56 Å². The number of pyridine rings is 1. The third kappa shape index (κ3) is 3.28. The molecule has 3 aromatic rings. The fraction of sp³-hybridized carbons (Fsp3) is 0.300. The summed E-state index contributed by atoms with van der Waals surface area (Å²) in [5.74, 6) is 0.863. The van der Waals surface area contributed by atoms with Crippen molar-refractivity contribution in [2.24, 2.45) is 0 Å². The van der Waals surface area contributed by atoms with Crippen LogP contribution in [0.25, 0.3) is 5.65 Å². The van der Waals surface area contributed by atoms with E-state index >= 15 is 0 Å². The number of ether oxygens (including phenoxy) is 1. The molecule has 0 spiro atoms. The molecule has 2 aromatic heterocycles. The van der Waals surface area contributed by atoms with Gasteiger partial charge in [0.25, 0.3) is 0 Å². The van der Waals surface area contributed by atoms with Crippen LogP contribution in [-0.2, 0) is 11.3 Å². The summed E-state index contributed by atoms with van der Waals surface area (Å²) < 4.78 is 7.28. The average Bonchev–Trinajstić information content (AvgIpc) is 3.03. The lowest BCUT2D eigenvalue weighted by atomic mass is 10.2. The van der Waals surface area contributed by atoms with Crippen molar-refractivity contribution in [3.63, 3.8) is 0 Å². The maximum Gasteiger partial charge on any atom is 0.241 e. The number of fused-ring (bicyclic) bond motifs is 1. The van der Waals surface area contributed by atoms with E-state index in [-0.39, 0.29) is 5.91 Å². The summed E-state index contributed by atoms with van der Waals surface area (Å²) in [5, 5.41) is 0. The van der Waals surface area contributed by atoms with Crippen molar-refractivity contribution in [3.8, 4) is 5.75 Å². The van der Waals surface area contributed by atoms with Gasteiger partial charge < -0.3 is 14.0 Å². The summed E-state index contributed by atoms with van der Waals surface area (Å²) in [6.45, 7) is 4.61. The number of aryl methyl sites for hydroxylation is 1. The van der Waals surface area contributed by atoms with Crippen LogP contribution in [0.1, 0.15) is 11.3 Å². The lowest BCUT2D eigenvalue weighted by Gasteiger charge is -2.34. The number of hydrogen-bond donors (Lipinski definition) is 0. The van der Waals surface area contributed by atoms with Gasteiger partial charge in [-0.2, -0.15) is 0 Å². The summed E-state index contributed by atoms with van der Waals surface area (Å²) in [7, 11) is 1.63. The number of rotatable bonds is 4.